The van der Waals surface area contributed by atoms with Crippen LogP contribution in [0, 0.1) is 5.92 Å². The quantitative estimate of drug-likeness (QED) is 0.510. The van der Waals surface area contributed by atoms with E-state index in [4.69, 9.17) is 9.84 Å². The van der Waals surface area contributed by atoms with Crippen LogP contribution in [-0.2, 0) is 4.74 Å². The molecule has 1 heterocycles. The van der Waals surface area contributed by atoms with Crippen LogP contribution in [0.2, 0.25) is 0 Å². The van der Waals surface area contributed by atoms with E-state index in [2.05, 4.69) is 0 Å². The van der Waals surface area contributed by atoms with Gasteiger partial charge in [-0.2, -0.15) is 0 Å². The van der Waals surface area contributed by atoms with E-state index in [1.807, 2.05) is 6.92 Å². The van der Waals surface area contributed by atoms with Crippen molar-refractivity contribution in [2.24, 2.45) is 5.92 Å². The van der Waals surface area contributed by atoms with Gasteiger partial charge in [0.25, 0.3) is 0 Å². The monoisotopic (exact) mass is 146 g/mol. The number of ether oxygens (including phenoxy) is 1. The predicted molar refractivity (Wildman–Crippen MR) is 36.3 cm³/mol. The lowest BCUT2D eigenvalue weighted by molar-refractivity contribution is -0.217. The van der Waals surface area contributed by atoms with Gasteiger partial charge in [0.15, 0.2) is 6.29 Å². The summed E-state index contributed by atoms with van der Waals surface area (Å²) in [6.07, 6.45) is -0.717. The molecule has 0 aromatic carbocycles. The van der Waals surface area contributed by atoms with Gasteiger partial charge in [0, 0.05) is 5.92 Å². The van der Waals surface area contributed by atoms with E-state index in [1.165, 1.54) is 0 Å². The molecular formula is C7H14O3. The summed E-state index contributed by atoms with van der Waals surface area (Å²) in [6, 6.07) is 0. The first-order valence-electron chi connectivity index (χ1n) is 3.63. The Morgan fingerprint density at radius 3 is 2.40 bits per heavy atom. The van der Waals surface area contributed by atoms with Gasteiger partial charge in [0.2, 0.25) is 0 Å². The summed E-state index contributed by atoms with van der Waals surface area (Å²) in [6.45, 7) is 3.62. The molecular weight excluding hydrogens is 132 g/mol. The number of aliphatic hydroxyl groups excluding tert-OH is 2. The Balaban J connectivity index is 2.46. The number of hydrogen-bond acceptors (Lipinski definition) is 3. The van der Waals surface area contributed by atoms with Gasteiger partial charge in [-0.25, -0.2) is 0 Å². The number of aliphatic hydroxyl groups is 2. The van der Waals surface area contributed by atoms with Crippen LogP contribution >= 0.6 is 0 Å². The minimum absolute atomic E-state index is 0.0474. The van der Waals surface area contributed by atoms with Crippen LogP contribution in [-0.4, -0.2) is 28.7 Å². The molecule has 0 aromatic rings. The van der Waals surface area contributed by atoms with Crippen molar-refractivity contribution in [3.05, 3.63) is 0 Å². The highest BCUT2D eigenvalue weighted by atomic mass is 16.6. The van der Waals surface area contributed by atoms with Crippen molar-refractivity contribution in [2.45, 2.75) is 38.8 Å². The Morgan fingerprint density at radius 1 is 1.30 bits per heavy atom. The van der Waals surface area contributed by atoms with Gasteiger partial charge in [-0.3, -0.25) is 0 Å². The summed E-state index contributed by atoms with van der Waals surface area (Å²) in [5.41, 5.74) is 0. The van der Waals surface area contributed by atoms with Crippen LogP contribution in [0.5, 0.6) is 0 Å². The van der Waals surface area contributed by atoms with Crippen molar-refractivity contribution in [1.82, 2.24) is 0 Å². The summed E-state index contributed by atoms with van der Waals surface area (Å²) in [5.74, 6) is 0.0474. The molecule has 60 valence electrons. The van der Waals surface area contributed by atoms with Crippen molar-refractivity contribution >= 4 is 0 Å². The molecule has 0 unspecified atom stereocenters. The highest BCUT2D eigenvalue weighted by Gasteiger charge is 2.30. The Morgan fingerprint density at radius 2 is 1.90 bits per heavy atom. The summed E-state index contributed by atoms with van der Waals surface area (Å²) < 4.78 is 5.02. The molecule has 10 heavy (non-hydrogen) atoms. The molecule has 0 aliphatic carbocycles. The minimum Gasteiger partial charge on any atom is -0.390 e. The van der Waals surface area contributed by atoms with E-state index in [0.717, 1.165) is 0 Å². The fourth-order valence-corrected chi connectivity index (χ4v) is 1.13. The lowest BCUT2D eigenvalue weighted by Gasteiger charge is -2.33. The fourth-order valence-electron chi connectivity index (χ4n) is 1.13. The van der Waals surface area contributed by atoms with E-state index >= 15 is 0 Å². The molecule has 1 rings (SSSR count). The molecule has 0 radical (unpaired) electrons. The largest absolute Gasteiger partial charge is 0.390 e. The molecule has 0 spiro atoms. The zero-order chi connectivity index (χ0) is 7.72. The lowest BCUT2D eigenvalue weighted by atomic mass is 9.97. The standard InChI is InChI=1S/C7H14O3/c1-4-3-6(8)5(2)10-7(4)9/h4-9H,3H2,1-2H3/t4-,5+,6-,7-/m1/s1. The van der Waals surface area contributed by atoms with Crippen LogP contribution < -0.4 is 0 Å². The molecule has 0 amide bonds. The van der Waals surface area contributed by atoms with Gasteiger partial charge in [-0.1, -0.05) is 6.92 Å². The smallest absolute Gasteiger partial charge is 0.157 e. The zero-order valence-corrected chi connectivity index (χ0v) is 6.32. The van der Waals surface area contributed by atoms with Gasteiger partial charge >= 0.3 is 0 Å². The summed E-state index contributed by atoms with van der Waals surface area (Å²) in [4.78, 5) is 0. The average Bonchev–Trinajstić information content (AvgIpc) is 1.84. The SMILES string of the molecule is C[C@@H]1C[C@@H](O)[C@H](C)O[C@H]1O. The summed E-state index contributed by atoms with van der Waals surface area (Å²) >= 11 is 0. The zero-order valence-electron chi connectivity index (χ0n) is 6.32. The fraction of sp³-hybridized carbons (Fsp3) is 1.00. The van der Waals surface area contributed by atoms with E-state index in [9.17, 15) is 5.11 Å². The third kappa shape index (κ3) is 1.48. The maximum absolute atomic E-state index is 9.23. The van der Waals surface area contributed by atoms with Crippen LogP contribution in [0.15, 0.2) is 0 Å². The first-order chi connectivity index (χ1) is 4.61. The molecule has 0 aromatic heterocycles. The van der Waals surface area contributed by atoms with Gasteiger partial charge in [-0.05, 0) is 13.3 Å². The Kier molecular flexibility index (Phi) is 2.28. The molecule has 3 heteroatoms. The van der Waals surface area contributed by atoms with E-state index in [0.29, 0.717) is 6.42 Å². The second kappa shape index (κ2) is 2.86. The normalized spacial score (nSPS) is 49.2. The van der Waals surface area contributed by atoms with Crippen molar-refractivity contribution in [1.29, 1.82) is 0 Å². The van der Waals surface area contributed by atoms with Crippen LogP contribution in [0.1, 0.15) is 20.3 Å². The molecule has 1 aliphatic rings. The second-order valence-corrected chi connectivity index (χ2v) is 3.01. The van der Waals surface area contributed by atoms with Crippen molar-refractivity contribution in [3.63, 3.8) is 0 Å². The lowest BCUT2D eigenvalue weighted by Crippen LogP contribution is -2.41. The van der Waals surface area contributed by atoms with Crippen LogP contribution in [0.25, 0.3) is 0 Å². The molecule has 0 saturated carbocycles. The van der Waals surface area contributed by atoms with Gasteiger partial charge in [0.1, 0.15) is 0 Å². The first-order valence-corrected chi connectivity index (χ1v) is 3.63. The third-order valence-corrected chi connectivity index (χ3v) is 2.00. The number of hydrogen-bond donors (Lipinski definition) is 2. The Labute approximate surface area is 60.6 Å². The molecule has 1 aliphatic heterocycles. The predicted octanol–water partition coefficient (Wildman–Crippen LogP) is 0.111. The maximum Gasteiger partial charge on any atom is 0.157 e. The molecule has 1 saturated heterocycles. The minimum atomic E-state index is -0.696. The second-order valence-electron chi connectivity index (χ2n) is 3.01. The Hall–Kier alpha value is -0.120. The highest BCUT2D eigenvalue weighted by molar-refractivity contribution is 4.75. The maximum atomic E-state index is 9.23. The van der Waals surface area contributed by atoms with Crippen LogP contribution in [0.4, 0.5) is 0 Å². The van der Waals surface area contributed by atoms with Gasteiger partial charge < -0.3 is 14.9 Å². The van der Waals surface area contributed by atoms with Crippen molar-refractivity contribution < 1.29 is 14.9 Å². The molecule has 4 atom stereocenters. The summed E-state index contributed by atoms with van der Waals surface area (Å²) in [7, 11) is 0. The third-order valence-electron chi connectivity index (χ3n) is 2.00. The van der Waals surface area contributed by atoms with Crippen molar-refractivity contribution in [2.75, 3.05) is 0 Å². The molecule has 0 bridgehead atoms. The molecule has 3 nitrogen and oxygen atoms in total. The first kappa shape index (κ1) is 7.98. The van der Waals surface area contributed by atoms with Crippen molar-refractivity contribution in [3.8, 4) is 0 Å². The average molecular weight is 146 g/mol. The molecule has 2 N–H and O–H groups in total. The Bertz CT molecular complexity index is 89.4. The number of rotatable bonds is 0. The van der Waals surface area contributed by atoms with Gasteiger partial charge in [-0.15, -0.1) is 0 Å². The van der Waals surface area contributed by atoms with E-state index in [-0.39, 0.29) is 12.0 Å². The van der Waals surface area contributed by atoms with Gasteiger partial charge in [0.05, 0.1) is 12.2 Å². The van der Waals surface area contributed by atoms with E-state index < -0.39 is 12.4 Å². The van der Waals surface area contributed by atoms with Crippen LogP contribution in [0.3, 0.4) is 0 Å². The molecule has 1 fully saturated rings. The highest BCUT2D eigenvalue weighted by Crippen LogP contribution is 2.22. The topological polar surface area (TPSA) is 49.7 Å². The summed E-state index contributed by atoms with van der Waals surface area (Å²) in [5, 5.41) is 18.4. The van der Waals surface area contributed by atoms with E-state index in [1.54, 1.807) is 6.92 Å².